The van der Waals surface area contributed by atoms with Gasteiger partial charge in [-0.15, -0.1) is 0 Å². The van der Waals surface area contributed by atoms with E-state index in [4.69, 9.17) is 5.84 Å². The van der Waals surface area contributed by atoms with E-state index in [0.29, 0.717) is 0 Å². The number of nitrogens with one attached hydrogen (secondary N) is 2. The second kappa shape index (κ2) is 4.88. The molecule has 0 fully saturated rings. The van der Waals surface area contributed by atoms with Crippen LogP contribution in [0.15, 0.2) is 18.2 Å². The van der Waals surface area contributed by atoms with Crippen molar-refractivity contribution in [3.8, 4) is 0 Å². The van der Waals surface area contributed by atoms with Gasteiger partial charge in [-0.3, -0.25) is 10.2 Å². The minimum atomic E-state index is -0.0537. The zero-order chi connectivity index (χ0) is 15.2. The number of carbonyl (C=O) groups excluding carboxylic acids is 1. The number of H-pyrrole nitrogens is 1. The topological polar surface area (TPSA) is 70.9 Å². The average molecular weight is 285 g/mol. The fraction of sp³-hybridized carbons (Fsp3) is 0.471. The molecular weight excluding hydrogens is 262 g/mol. The Morgan fingerprint density at radius 2 is 2.14 bits per heavy atom. The molecule has 1 heterocycles. The van der Waals surface area contributed by atoms with Crippen LogP contribution in [0.25, 0.3) is 10.9 Å². The molecule has 1 aliphatic rings. The molecule has 0 saturated carbocycles. The fourth-order valence-electron chi connectivity index (χ4n) is 3.23. The van der Waals surface area contributed by atoms with E-state index in [-0.39, 0.29) is 17.2 Å². The van der Waals surface area contributed by atoms with E-state index in [1.807, 2.05) is 0 Å². The summed E-state index contributed by atoms with van der Waals surface area (Å²) in [5.41, 5.74) is 7.47. The van der Waals surface area contributed by atoms with Crippen molar-refractivity contribution in [3.05, 3.63) is 35.0 Å². The second-order valence-corrected chi connectivity index (χ2v) is 7.04. The number of fused-ring (bicyclic) bond motifs is 3. The SMILES string of the molecule is CC(C)(C)c1ccc2[nH]c3c(c2c1)CC(C(=O)NN)CC3. The highest BCUT2D eigenvalue weighted by Gasteiger charge is 2.27. The lowest BCUT2D eigenvalue weighted by Crippen LogP contribution is -2.38. The Morgan fingerprint density at radius 1 is 1.38 bits per heavy atom. The highest BCUT2D eigenvalue weighted by molar-refractivity contribution is 5.87. The molecule has 0 spiro atoms. The summed E-state index contributed by atoms with van der Waals surface area (Å²) < 4.78 is 0. The van der Waals surface area contributed by atoms with Gasteiger partial charge < -0.3 is 4.98 Å². The summed E-state index contributed by atoms with van der Waals surface area (Å²) in [6, 6.07) is 6.62. The lowest BCUT2D eigenvalue weighted by molar-refractivity contribution is -0.125. The van der Waals surface area contributed by atoms with Gasteiger partial charge in [0, 0.05) is 22.5 Å². The Kier molecular flexibility index (Phi) is 3.29. The predicted molar refractivity (Wildman–Crippen MR) is 84.8 cm³/mol. The van der Waals surface area contributed by atoms with Gasteiger partial charge >= 0.3 is 0 Å². The van der Waals surface area contributed by atoms with Gasteiger partial charge in [-0.25, -0.2) is 5.84 Å². The third-order valence-corrected chi connectivity index (χ3v) is 4.57. The van der Waals surface area contributed by atoms with Crippen LogP contribution in [-0.2, 0) is 23.1 Å². The lowest BCUT2D eigenvalue weighted by Gasteiger charge is -2.21. The molecule has 0 saturated heterocycles. The molecule has 1 amide bonds. The zero-order valence-corrected chi connectivity index (χ0v) is 12.9. The van der Waals surface area contributed by atoms with Crippen LogP contribution in [0.1, 0.15) is 44.0 Å². The first-order valence-corrected chi connectivity index (χ1v) is 7.54. The number of aromatic nitrogens is 1. The van der Waals surface area contributed by atoms with E-state index in [1.165, 1.54) is 27.7 Å². The Morgan fingerprint density at radius 3 is 2.81 bits per heavy atom. The van der Waals surface area contributed by atoms with E-state index in [1.54, 1.807) is 0 Å². The quantitative estimate of drug-likeness (QED) is 0.428. The number of hydrogen-bond donors (Lipinski definition) is 3. The summed E-state index contributed by atoms with van der Waals surface area (Å²) in [5.74, 6) is 5.22. The minimum Gasteiger partial charge on any atom is -0.358 e. The Bertz CT molecular complexity index is 694. The Labute approximate surface area is 125 Å². The van der Waals surface area contributed by atoms with Crippen molar-refractivity contribution in [2.75, 3.05) is 0 Å². The van der Waals surface area contributed by atoms with Crippen LogP contribution in [0.5, 0.6) is 0 Å². The average Bonchev–Trinajstić information content (AvgIpc) is 2.82. The van der Waals surface area contributed by atoms with E-state index in [2.05, 4.69) is 49.4 Å². The zero-order valence-electron chi connectivity index (χ0n) is 12.9. The molecule has 1 aliphatic carbocycles. The molecule has 2 aromatic rings. The molecule has 3 rings (SSSR count). The molecule has 21 heavy (non-hydrogen) atoms. The Hall–Kier alpha value is -1.81. The smallest absolute Gasteiger partial charge is 0.237 e. The van der Waals surface area contributed by atoms with E-state index < -0.39 is 0 Å². The lowest BCUT2D eigenvalue weighted by atomic mass is 9.83. The number of rotatable bonds is 1. The Balaban J connectivity index is 2.06. The van der Waals surface area contributed by atoms with Crippen molar-refractivity contribution in [2.24, 2.45) is 11.8 Å². The van der Waals surface area contributed by atoms with Gasteiger partial charge in [0.2, 0.25) is 5.91 Å². The normalized spacial score (nSPS) is 18.6. The molecular formula is C17H23N3O. The van der Waals surface area contributed by atoms with Crippen molar-refractivity contribution in [3.63, 3.8) is 0 Å². The summed E-state index contributed by atoms with van der Waals surface area (Å²) >= 11 is 0. The number of benzene rings is 1. The van der Waals surface area contributed by atoms with E-state index in [9.17, 15) is 4.79 Å². The maximum absolute atomic E-state index is 11.8. The number of hydrogen-bond acceptors (Lipinski definition) is 2. The van der Waals surface area contributed by atoms with Crippen LogP contribution in [0.2, 0.25) is 0 Å². The monoisotopic (exact) mass is 285 g/mol. The first kappa shape index (κ1) is 14.1. The maximum atomic E-state index is 11.8. The van der Waals surface area contributed by atoms with Crippen LogP contribution < -0.4 is 11.3 Å². The van der Waals surface area contributed by atoms with Crippen LogP contribution in [0, 0.1) is 5.92 Å². The van der Waals surface area contributed by atoms with Gasteiger partial charge in [0.1, 0.15) is 0 Å². The second-order valence-electron chi connectivity index (χ2n) is 7.04. The highest BCUT2D eigenvalue weighted by atomic mass is 16.2. The molecule has 112 valence electrons. The van der Waals surface area contributed by atoms with Crippen molar-refractivity contribution < 1.29 is 4.79 Å². The number of carbonyl (C=O) groups is 1. The molecule has 4 heteroatoms. The van der Waals surface area contributed by atoms with Crippen molar-refractivity contribution >= 4 is 16.8 Å². The summed E-state index contributed by atoms with van der Waals surface area (Å²) in [7, 11) is 0. The van der Waals surface area contributed by atoms with Crippen LogP contribution >= 0.6 is 0 Å². The van der Waals surface area contributed by atoms with Gasteiger partial charge in [0.25, 0.3) is 0 Å². The number of aryl methyl sites for hydroxylation is 1. The van der Waals surface area contributed by atoms with Gasteiger partial charge in [-0.1, -0.05) is 26.8 Å². The number of hydrazine groups is 1. The van der Waals surface area contributed by atoms with Crippen LogP contribution in [0.3, 0.4) is 0 Å². The molecule has 0 radical (unpaired) electrons. The number of aromatic amines is 1. The molecule has 0 bridgehead atoms. The summed E-state index contributed by atoms with van der Waals surface area (Å²) in [5, 5.41) is 1.26. The van der Waals surface area contributed by atoms with Gasteiger partial charge in [0.05, 0.1) is 0 Å². The molecule has 1 unspecified atom stereocenters. The first-order valence-electron chi connectivity index (χ1n) is 7.54. The van der Waals surface area contributed by atoms with Crippen LogP contribution in [0.4, 0.5) is 0 Å². The van der Waals surface area contributed by atoms with E-state index >= 15 is 0 Å². The maximum Gasteiger partial charge on any atom is 0.237 e. The minimum absolute atomic E-state index is 0.0141. The van der Waals surface area contributed by atoms with Crippen LogP contribution in [-0.4, -0.2) is 10.9 Å². The predicted octanol–water partition coefficient (Wildman–Crippen LogP) is 2.56. The van der Waals surface area contributed by atoms with Gasteiger partial charge in [0.15, 0.2) is 0 Å². The van der Waals surface area contributed by atoms with Crippen molar-refractivity contribution in [1.82, 2.24) is 10.4 Å². The summed E-state index contributed by atoms with van der Waals surface area (Å²) in [6.07, 6.45) is 2.54. The fourth-order valence-corrected chi connectivity index (χ4v) is 3.23. The van der Waals surface area contributed by atoms with Crippen molar-refractivity contribution in [1.29, 1.82) is 0 Å². The third-order valence-electron chi connectivity index (χ3n) is 4.57. The molecule has 1 atom stereocenters. The standard InChI is InChI=1S/C17H23N3O/c1-17(2,3)11-5-7-15-13(9-11)12-8-10(16(21)20-18)4-6-14(12)19-15/h5,7,9-10,19H,4,6,8,18H2,1-3H3,(H,20,21). The molecule has 4 nitrogen and oxygen atoms in total. The van der Waals surface area contributed by atoms with E-state index in [0.717, 1.165) is 19.3 Å². The first-order chi connectivity index (χ1) is 9.90. The molecule has 1 aromatic heterocycles. The number of nitrogens with two attached hydrogens (primary N) is 1. The third kappa shape index (κ3) is 2.44. The summed E-state index contributed by atoms with van der Waals surface area (Å²) in [6.45, 7) is 6.66. The number of amides is 1. The van der Waals surface area contributed by atoms with Gasteiger partial charge in [-0.2, -0.15) is 0 Å². The van der Waals surface area contributed by atoms with Crippen molar-refractivity contribution in [2.45, 2.75) is 45.4 Å². The molecule has 1 aromatic carbocycles. The summed E-state index contributed by atoms with van der Waals surface area (Å²) in [4.78, 5) is 15.3. The van der Waals surface area contributed by atoms with Gasteiger partial charge in [-0.05, 0) is 47.9 Å². The molecule has 0 aliphatic heterocycles. The largest absolute Gasteiger partial charge is 0.358 e. The highest BCUT2D eigenvalue weighted by Crippen LogP contribution is 2.34. The molecule has 4 N–H and O–H groups in total.